The molecule has 0 amide bonds. The van der Waals surface area contributed by atoms with Crippen LogP contribution >= 0.6 is 22.7 Å². The second-order valence-electron chi connectivity index (χ2n) is 3.85. The Hall–Kier alpha value is -0.780. The average molecular weight is 253 g/mol. The second kappa shape index (κ2) is 5.03. The molecule has 2 rings (SSSR count). The third-order valence-electron chi connectivity index (χ3n) is 2.40. The van der Waals surface area contributed by atoms with Crippen molar-refractivity contribution in [1.29, 1.82) is 0 Å². The van der Waals surface area contributed by atoms with Crippen LogP contribution in [0.1, 0.15) is 42.3 Å². The van der Waals surface area contributed by atoms with Gasteiger partial charge in [0.1, 0.15) is 5.01 Å². The molecule has 2 unspecified atom stereocenters. The van der Waals surface area contributed by atoms with E-state index in [1.54, 1.807) is 22.7 Å². The highest BCUT2D eigenvalue weighted by molar-refractivity contribution is 7.09. The van der Waals surface area contributed by atoms with Crippen LogP contribution in [0.25, 0.3) is 0 Å². The molecule has 0 aliphatic heterocycles. The molecule has 0 aromatic carbocycles. The van der Waals surface area contributed by atoms with Crippen molar-refractivity contribution in [3.8, 4) is 0 Å². The Morgan fingerprint density at radius 3 is 2.62 bits per heavy atom. The lowest BCUT2D eigenvalue weighted by Gasteiger charge is -2.16. The molecule has 2 aromatic heterocycles. The van der Waals surface area contributed by atoms with Crippen molar-refractivity contribution < 1.29 is 0 Å². The molecule has 2 atom stereocenters. The highest BCUT2D eigenvalue weighted by atomic mass is 32.1. The summed E-state index contributed by atoms with van der Waals surface area (Å²) in [5.74, 6) is 0. The van der Waals surface area contributed by atoms with E-state index in [1.165, 1.54) is 0 Å². The Kier molecular flexibility index (Phi) is 3.68. The van der Waals surface area contributed by atoms with Gasteiger partial charge in [-0.1, -0.05) is 0 Å². The van der Waals surface area contributed by atoms with Crippen molar-refractivity contribution in [3.63, 3.8) is 0 Å². The zero-order chi connectivity index (χ0) is 11.5. The first kappa shape index (κ1) is 11.7. The predicted octanol–water partition coefficient (Wildman–Crippen LogP) is 3.32. The summed E-state index contributed by atoms with van der Waals surface area (Å²) in [6.45, 7) is 6.30. The van der Waals surface area contributed by atoms with Crippen LogP contribution < -0.4 is 5.32 Å². The van der Waals surface area contributed by atoms with Gasteiger partial charge in [-0.3, -0.25) is 0 Å². The van der Waals surface area contributed by atoms with E-state index in [9.17, 15) is 0 Å². The van der Waals surface area contributed by atoms with Gasteiger partial charge >= 0.3 is 0 Å². The topological polar surface area (TPSA) is 37.8 Å². The van der Waals surface area contributed by atoms with Crippen LogP contribution in [0.3, 0.4) is 0 Å². The Bertz CT molecular complexity index is 436. The molecule has 1 N–H and O–H groups in total. The molecule has 5 heteroatoms. The van der Waals surface area contributed by atoms with Gasteiger partial charge in [0.25, 0.3) is 0 Å². The van der Waals surface area contributed by atoms with Gasteiger partial charge in [-0.15, -0.1) is 22.7 Å². The molecule has 0 saturated heterocycles. The summed E-state index contributed by atoms with van der Waals surface area (Å²) in [5, 5.41) is 8.81. The molecule has 0 aliphatic rings. The van der Waals surface area contributed by atoms with Crippen molar-refractivity contribution in [2.24, 2.45) is 0 Å². The van der Waals surface area contributed by atoms with Crippen LogP contribution in [-0.4, -0.2) is 9.97 Å². The highest BCUT2D eigenvalue weighted by Gasteiger charge is 2.14. The number of aromatic nitrogens is 2. The van der Waals surface area contributed by atoms with Gasteiger partial charge in [0.15, 0.2) is 0 Å². The quantitative estimate of drug-likeness (QED) is 0.908. The van der Waals surface area contributed by atoms with Gasteiger partial charge in [0.2, 0.25) is 0 Å². The number of aryl methyl sites for hydroxylation is 1. The van der Waals surface area contributed by atoms with E-state index in [0.29, 0.717) is 0 Å². The zero-order valence-corrected chi connectivity index (χ0v) is 11.2. The summed E-state index contributed by atoms with van der Waals surface area (Å²) >= 11 is 3.34. The minimum absolute atomic E-state index is 0.269. The Balaban J connectivity index is 2.00. The van der Waals surface area contributed by atoms with Crippen LogP contribution in [0.2, 0.25) is 0 Å². The molecule has 0 fully saturated rings. The summed E-state index contributed by atoms with van der Waals surface area (Å²) in [6.07, 6.45) is 0. The fourth-order valence-corrected chi connectivity index (χ4v) is 3.00. The summed E-state index contributed by atoms with van der Waals surface area (Å²) in [5.41, 5.74) is 4.06. The second-order valence-corrected chi connectivity index (χ2v) is 5.46. The van der Waals surface area contributed by atoms with Gasteiger partial charge in [-0.25, -0.2) is 9.97 Å². The van der Waals surface area contributed by atoms with Crippen molar-refractivity contribution in [1.82, 2.24) is 15.3 Å². The van der Waals surface area contributed by atoms with Gasteiger partial charge in [0.05, 0.1) is 17.2 Å². The van der Waals surface area contributed by atoms with Gasteiger partial charge in [0, 0.05) is 22.5 Å². The molecule has 2 heterocycles. The van der Waals surface area contributed by atoms with Crippen LogP contribution in [0, 0.1) is 6.92 Å². The number of hydrogen-bond acceptors (Lipinski definition) is 5. The molecule has 86 valence electrons. The van der Waals surface area contributed by atoms with Crippen molar-refractivity contribution in [3.05, 3.63) is 32.7 Å². The number of thiazole rings is 2. The van der Waals surface area contributed by atoms with Gasteiger partial charge in [-0.05, 0) is 20.8 Å². The summed E-state index contributed by atoms with van der Waals surface area (Å²) in [4.78, 5) is 8.79. The molecule has 2 aromatic rings. The minimum Gasteiger partial charge on any atom is -0.300 e. The van der Waals surface area contributed by atoms with Crippen molar-refractivity contribution in [2.45, 2.75) is 32.9 Å². The largest absolute Gasteiger partial charge is 0.300 e. The maximum Gasteiger partial charge on any atom is 0.110 e. The zero-order valence-electron chi connectivity index (χ0n) is 9.60. The SMILES string of the molecule is Cc1csc(C(C)NC(C)c2cscn2)n1. The monoisotopic (exact) mass is 253 g/mol. The van der Waals surface area contributed by atoms with Crippen LogP contribution in [0.15, 0.2) is 16.3 Å². The van der Waals surface area contributed by atoms with Gasteiger partial charge < -0.3 is 5.32 Å². The average Bonchev–Trinajstić information content (AvgIpc) is 2.87. The summed E-state index contributed by atoms with van der Waals surface area (Å²) in [7, 11) is 0. The molecular weight excluding hydrogens is 238 g/mol. The Morgan fingerprint density at radius 1 is 1.25 bits per heavy atom. The molecule has 0 aliphatic carbocycles. The maximum atomic E-state index is 4.48. The third-order valence-corrected chi connectivity index (χ3v) is 4.15. The first-order chi connectivity index (χ1) is 7.66. The Morgan fingerprint density at radius 2 is 2.06 bits per heavy atom. The molecule has 0 saturated carbocycles. The van der Waals surface area contributed by atoms with E-state index in [4.69, 9.17) is 0 Å². The predicted molar refractivity (Wildman–Crippen MR) is 68.9 cm³/mol. The molecule has 0 radical (unpaired) electrons. The van der Waals surface area contributed by atoms with Crippen molar-refractivity contribution in [2.75, 3.05) is 0 Å². The minimum atomic E-state index is 0.269. The normalized spacial score (nSPS) is 14.9. The summed E-state index contributed by atoms with van der Waals surface area (Å²) < 4.78 is 0. The van der Waals surface area contributed by atoms with Crippen molar-refractivity contribution >= 4 is 22.7 Å². The van der Waals surface area contributed by atoms with Crippen LogP contribution in [0.5, 0.6) is 0 Å². The van der Waals surface area contributed by atoms with E-state index in [0.717, 1.165) is 16.4 Å². The van der Waals surface area contributed by atoms with E-state index in [-0.39, 0.29) is 12.1 Å². The fourth-order valence-electron chi connectivity index (χ4n) is 1.54. The highest BCUT2D eigenvalue weighted by Crippen LogP contribution is 2.21. The van der Waals surface area contributed by atoms with E-state index >= 15 is 0 Å². The maximum absolute atomic E-state index is 4.48. The first-order valence-electron chi connectivity index (χ1n) is 5.23. The van der Waals surface area contributed by atoms with Crippen LogP contribution in [-0.2, 0) is 0 Å². The van der Waals surface area contributed by atoms with E-state index < -0.39 is 0 Å². The lowest BCUT2D eigenvalue weighted by Crippen LogP contribution is -2.22. The van der Waals surface area contributed by atoms with E-state index in [2.05, 4.69) is 39.9 Å². The Labute approximate surface area is 104 Å². The fraction of sp³-hybridized carbons (Fsp3) is 0.455. The number of hydrogen-bond donors (Lipinski definition) is 1. The molecule has 3 nitrogen and oxygen atoms in total. The van der Waals surface area contributed by atoms with Gasteiger partial charge in [-0.2, -0.15) is 0 Å². The lowest BCUT2D eigenvalue weighted by atomic mass is 10.2. The molecule has 0 spiro atoms. The molecular formula is C11H15N3S2. The van der Waals surface area contributed by atoms with E-state index in [1.807, 2.05) is 12.4 Å². The number of nitrogens with one attached hydrogen (secondary N) is 1. The number of nitrogens with zero attached hydrogens (tertiary/aromatic N) is 2. The standard InChI is InChI=1S/C11H15N3S2/c1-7-4-16-11(13-7)9(3)14-8(2)10-5-15-6-12-10/h4-6,8-9,14H,1-3H3. The summed E-state index contributed by atoms with van der Waals surface area (Å²) in [6, 6.07) is 0.542. The molecule has 16 heavy (non-hydrogen) atoms. The molecule has 0 bridgehead atoms. The lowest BCUT2D eigenvalue weighted by molar-refractivity contribution is 0.486. The first-order valence-corrected chi connectivity index (χ1v) is 7.05. The van der Waals surface area contributed by atoms with Crippen LogP contribution in [0.4, 0.5) is 0 Å². The smallest absolute Gasteiger partial charge is 0.110 e. The third kappa shape index (κ3) is 2.66. The number of rotatable bonds is 4.